The topological polar surface area (TPSA) is 3.24 Å². The first-order chi connectivity index (χ1) is 5.77. The Morgan fingerprint density at radius 3 is 2.58 bits per heavy atom. The fourth-order valence-electron chi connectivity index (χ4n) is 1.70. The highest BCUT2D eigenvalue weighted by molar-refractivity contribution is 5.24. The number of hydrogen-bond acceptors (Lipinski definition) is 1. The number of rotatable bonds is 1. The molecule has 0 bridgehead atoms. The Hall–Kier alpha value is -0.890. The number of nitrogens with zero attached hydrogens (tertiary/aromatic N) is 1. The smallest absolute Gasteiger partial charge is 0.126 e. The lowest BCUT2D eigenvalue weighted by Gasteiger charge is -2.36. The third-order valence-electron chi connectivity index (χ3n) is 2.41. The first-order valence-electron chi connectivity index (χ1n) is 4.20. The van der Waals surface area contributed by atoms with Gasteiger partial charge in [0.2, 0.25) is 0 Å². The third kappa shape index (κ3) is 1.23. The standard InChI is InChI=1S/C10H12FN/c1-12-6-8(7-12)9-4-2-3-5-10(9)11/h2-5,8H,6-7H2,1H3. The summed E-state index contributed by atoms with van der Waals surface area (Å²) in [6.45, 7) is 1.97. The molecule has 1 aliphatic rings. The Labute approximate surface area is 71.8 Å². The number of likely N-dealkylation sites (N-methyl/N-ethyl adjacent to an activating group) is 1. The van der Waals surface area contributed by atoms with Gasteiger partial charge in [0.25, 0.3) is 0 Å². The predicted octanol–water partition coefficient (Wildman–Crippen LogP) is 1.85. The second-order valence-electron chi connectivity index (χ2n) is 3.44. The average Bonchev–Trinajstić information content (AvgIpc) is 2.01. The number of likely N-dealkylation sites (tertiary alicyclic amines) is 1. The zero-order valence-electron chi connectivity index (χ0n) is 7.13. The molecule has 0 amide bonds. The van der Waals surface area contributed by atoms with Crippen molar-refractivity contribution in [3.05, 3.63) is 35.6 Å². The number of benzene rings is 1. The molecule has 0 unspecified atom stereocenters. The van der Waals surface area contributed by atoms with Gasteiger partial charge in [0.15, 0.2) is 0 Å². The maximum absolute atomic E-state index is 13.2. The van der Waals surface area contributed by atoms with Crippen LogP contribution in [0.3, 0.4) is 0 Å². The van der Waals surface area contributed by atoms with E-state index in [9.17, 15) is 4.39 Å². The minimum atomic E-state index is -0.0596. The van der Waals surface area contributed by atoms with Gasteiger partial charge in [-0.2, -0.15) is 0 Å². The van der Waals surface area contributed by atoms with Crippen LogP contribution in [0.4, 0.5) is 4.39 Å². The van der Waals surface area contributed by atoms with E-state index in [1.165, 1.54) is 6.07 Å². The number of hydrogen-bond donors (Lipinski definition) is 0. The maximum Gasteiger partial charge on any atom is 0.126 e. The van der Waals surface area contributed by atoms with Gasteiger partial charge in [0, 0.05) is 19.0 Å². The zero-order chi connectivity index (χ0) is 8.55. The molecule has 1 heterocycles. The van der Waals surface area contributed by atoms with Gasteiger partial charge in [0.1, 0.15) is 5.82 Å². The molecule has 2 rings (SSSR count). The molecule has 0 radical (unpaired) electrons. The molecule has 1 aliphatic heterocycles. The van der Waals surface area contributed by atoms with Crippen LogP contribution in [0.15, 0.2) is 24.3 Å². The minimum absolute atomic E-state index is 0.0596. The summed E-state index contributed by atoms with van der Waals surface area (Å²) in [5.41, 5.74) is 0.871. The molecule has 0 aromatic heterocycles. The molecule has 2 heteroatoms. The Kier molecular flexibility index (Phi) is 1.85. The zero-order valence-corrected chi connectivity index (χ0v) is 7.13. The molecule has 1 fully saturated rings. The third-order valence-corrected chi connectivity index (χ3v) is 2.41. The van der Waals surface area contributed by atoms with Crippen molar-refractivity contribution in [2.75, 3.05) is 20.1 Å². The van der Waals surface area contributed by atoms with Crippen LogP contribution in [0.25, 0.3) is 0 Å². The van der Waals surface area contributed by atoms with Crippen molar-refractivity contribution in [2.45, 2.75) is 5.92 Å². The lowest BCUT2D eigenvalue weighted by Crippen LogP contribution is -2.42. The summed E-state index contributed by atoms with van der Waals surface area (Å²) in [5.74, 6) is 0.354. The first-order valence-corrected chi connectivity index (χ1v) is 4.20. The quantitative estimate of drug-likeness (QED) is 0.614. The molecule has 1 aromatic carbocycles. The van der Waals surface area contributed by atoms with Gasteiger partial charge in [-0.1, -0.05) is 18.2 Å². The second kappa shape index (κ2) is 2.87. The highest BCUT2D eigenvalue weighted by atomic mass is 19.1. The van der Waals surface area contributed by atoms with Crippen LogP contribution in [-0.2, 0) is 0 Å². The van der Waals surface area contributed by atoms with Crippen molar-refractivity contribution in [2.24, 2.45) is 0 Å². The summed E-state index contributed by atoms with van der Waals surface area (Å²) >= 11 is 0. The van der Waals surface area contributed by atoms with Crippen molar-refractivity contribution in [1.82, 2.24) is 4.90 Å². The van der Waals surface area contributed by atoms with E-state index in [0.717, 1.165) is 18.7 Å². The van der Waals surface area contributed by atoms with Crippen LogP contribution >= 0.6 is 0 Å². The van der Waals surface area contributed by atoms with Gasteiger partial charge < -0.3 is 4.90 Å². The van der Waals surface area contributed by atoms with E-state index in [-0.39, 0.29) is 5.82 Å². The van der Waals surface area contributed by atoms with E-state index in [1.807, 2.05) is 12.1 Å². The molecule has 0 aliphatic carbocycles. The van der Waals surface area contributed by atoms with E-state index in [1.54, 1.807) is 6.07 Å². The average molecular weight is 165 g/mol. The van der Waals surface area contributed by atoms with E-state index in [4.69, 9.17) is 0 Å². The minimum Gasteiger partial charge on any atom is -0.305 e. The Morgan fingerprint density at radius 1 is 1.33 bits per heavy atom. The van der Waals surface area contributed by atoms with Crippen LogP contribution in [0.2, 0.25) is 0 Å². The van der Waals surface area contributed by atoms with Crippen molar-refractivity contribution in [3.8, 4) is 0 Å². The predicted molar refractivity (Wildman–Crippen MR) is 46.6 cm³/mol. The van der Waals surface area contributed by atoms with Crippen molar-refractivity contribution >= 4 is 0 Å². The monoisotopic (exact) mass is 165 g/mol. The Bertz CT molecular complexity index is 279. The lowest BCUT2D eigenvalue weighted by atomic mass is 9.92. The fraction of sp³-hybridized carbons (Fsp3) is 0.400. The molecule has 64 valence electrons. The van der Waals surface area contributed by atoms with Gasteiger partial charge in [-0.3, -0.25) is 0 Å². The highest BCUT2D eigenvalue weighted by Gasteiger charge is 2.26. The molecular weight excluding hydrogens is 153 g/mol. The molecule has 12 heavy (non-hydrogen) atoms. The summed E-state index contributed by atoms with van der Waals surface area (Å²) in [5, 5.41) is 0. The van der Waals surface area contributed by atoms with Crippen LogP contribution in [0.1, 0.15) is 11.5 Å². The first kappa shape index (κ1) is 7.74. The fourth-order valence-corrected chi connectivity index (χ4v) is 1.70. The SMILES string of the molecule is CN1CC(c2ccccc2F)C1. The normalized spacial score (nSPS) is 19.2. The van der Waals surface area contributed by atoms with Gasteiger partial charge in [-0.25, -0.2) is 4.39 Å². The van der Waals surface area contributed by atoms with E-state index >= 15 is 0 Å². The van der Waals surface area contributed by atoms with Crippen molar-refractivity contribution in [1.29, 1.82) is 0 Å². The van der Waals surface area contributed by atoms with Crippen LogP contribution in [-0.4, -0.2) is 25.0 Å². The van der Waals surface area contributed by atoms with Crippen molar-refractivity contribution in [3.63, 3.8) is 0 Å². The Balaban J connectivity index is 2.18. The van der Waals surface area contributed by atoms with E-state index in [0.29, 0.717) is 5.92 Å². The van der Waals surface area contributed by atoms with Gasteiger partial charge in [-0.05, 0) is 18.7 Å². The maximum atomic E-state index is 13.2. The lowest BCUT2D eigenvalue weighted by molar-refractivity contribution is 0.186. The molecule has 0 N–H and O–H groups in total. The van der Waals surface area contributed by atoms with E-state index in [2.05, 4.69) is 11.9 Å². The summed E-state index contributed by atoms with van der Waals surface area (Å²) in [6, 6.07) is 7.05. The summed E-state index contributed by atoms with van der Waals surface area (Å²) in [7, 11) is 2.05. The van der Waals surface area contributed by atoms with E-state index < -0.39 is 0 Å². The molecule has 0 spiro atoms. The summed E-state index contributed by atoms with van der Waals surface area (Å²) < 4.78 is 13.2. The van der Waals surface area contributed by atoms with Gasteiger partial charge >= 0.3 is 0 Å². The van der Waals surface area contributed by atoms with Crippen LogP contribution < -0.4 is 0 Å². The van der Waals surface area contributed by atoms with Crippen LogP contribution in [0.5, 0.6) is 0 Å². The highest BCUT2D eigenvalue weighted by Crippen LogP contribution is 2.26. The molecule has 0 saturated carbocycles. The molecule has 1 saturated heterocycles. The van der Waals surface area contributed by atoms with Crippen molar-refractivity contribution < 1.29 is 4.39 Å². The molecular formula is C10H12FN. The number of halogens is 1. The van der Waals surface area contributed by atoms with Gasteiger partial charge in [-0.15, -0.1) is 0 Å². The second-order valence-corrected chi connectivity index (χ2v) is 3.44. The summed E-state index contributed by atoms with van der Waals surface area (Å²) in [6.07, 6.45) is 0. The van der Waals surface area contributed by atoms with Crippen LogP contribution in [0, 0.1) is 5.82 Å². The summed E-state index contributed by atoms with van der Waals surface area (Å²) in [4.78, 5) is 2.19. The Morgan fingerprint density at radius 2 is 2.00 bits per heavy atom. The largest absolute Gasteiger partial charge is 0.305 e. The molecule has 0 atom stereocenters. The van der Waals surface area contributed by atoms with Gasteiger partial charge in [0.05, 0.1) is 0 Å². The molecule has 1 aromatic rings. The molecule has 1 nitrogen and oxygen atoms in total.